The van der Waals surface area contributed by atoms with Crippen LogP contribution in [-0.4, -0.2) is 35.0 Å². The van der Waals surface area contributed by atoms with E-state index in [2.05, 4.69) is 5.10 Å². The molecule has 2 aliphatic carbocycles. The maximum atomic E-state index is 13.0. The molecule has 6 nitrogen and oxygen atoms in total. The molecule has 2 aromatic rings. The first-order chi connectivity index (χ1) is 15.1. The van der Waals surface area contributed by atoms with E-state index >= 15 is 0 Å². The van der Waals surface area contributed by atoms with Gasteiger partial charge in [0.2, 0.25) is 0 Å². The summed E-state index contributed by atoms with van der Waals surface area (Å²) in [5.41, 5.74) is 0.881. The van der Waals surface area contributed by atoms with Crippen molar-refractivity contribution in [2.45, 2.75) is 44.6 Å². The first kappa shape index (κ1) is 20.6. The van der Waals surface area contributed by atoms with Crippen LogP contribution in [0, 0.1) is 17.8 Å². The number of Topliss-reactive ketones (excluding diaryl/α,β-unsaturated/α-hetero) is 1. The highest BCUT2D eigenvalue weighted by atomic mass is 32.1. The first-order valence-corrected chi connectivity index (χ1v) is 12.5. The third-order valence-corrected chi connectivity index (χ3v) is 8.45. The van der Waals surface area contributed by atoms with E-state index in [-0.39, 0.29) is 42.3 Å². The summed E-state index contributed by atoms with van der Waals surface area (Å²) < 4.78 is 5.44. The van der Waals surface area contributed by atoms with E-state index in [1.165, 1.54) is 5.01 Å². The van der Waals surface area contributed by atoms with E-state index in [1.807, 2.05) is 35.0 Å². The number of hydrogen-bond donors (Lipinski definition) is 0. The maximum absolute atomic E-state index is 13.0. The molecule has 2 bridgehead atoms. The lowest BCUT2D eigenvalue weighted by Crippen LogP contribution is -2.40. The number of ketones is 1. The molecule has 0 N–H and O–H groups in total. The van der Waals surface area contributed by atoms with Gasteiger partial charge in [-0.15, -0.1) is 22.7 Å². The summed E-state index contributed by atoms with van der Waals surface area (Å²) >= 11 is 3.19. The lowest BCUT2D eigenvalue weighted by atomic mass is 9.67. The molecule has 2 saturated carbocycles. The molecular formula is C23H24N2O4S2. The molecule has 1 amide bonds. The summed E-state index contributed by atoms with van der Waals surface area (Å²) in [5.74, 6) is -0.659. The van der Waals surface area contributed by atoms with Crippen molar-refractivity contribution in [3.8, 4) is 0 Å². The molecule has 0 radical (unpaired) electrons. The Morgan fingerprint density at radius 3 is 2.52 bits per heavy atom. The molecule has 3 heterocycles. The number of fused-ring (bicyclic) bond motifs is 2. The smallest absolute Gasteiger partial charge is 0.309 e. The molecule has 162 valence electrons. The van der Waals surface area contributed by atoms with Crippen LogP contribution in [0.25, 0.3) is 0 Å². The van der Waals surface area contributed by atoms with Gasteiger partial charge < -0.3 is 4.74 Å². The van der Waals surface area contributed by atoms with Gasteiger partial charge in [-0.05, 0) is 48.6 Å². The zero-order chi connectivity index (χ0) is 21.4. The average Bonchev–Trinajstić information content (AvgIpc) is 3.52. The number of carbonyl (C=O) groups excluding carboxylic acids is 3. The zero-order valence-corrected chi connectivity index (χ0v) is 18.7. The van der Waals surface area contributed by atoms with Crippen LogP contribution in [0.1, 0.15) is 54.3 Å². The van der Waals surface area contributed by atoms with E-state index in [9.17, 15) is 14.4 Å². The Morgan fingerprint density at radius 2 is 1.84 bits per heavy atom. The normalized spacial score (nSPS) is 27.8. The van der Waals surface area contributed by atoms with Crippen molar-refractivity contribution in [2.75, 3.05) is 6.61 Å². The number of rotatable bonds is 5. The van der Waals surface area contributed by atoms with E-state index in [0.717, 1.165) is 34.7 Å². The molecule has 8 heteroatoms. The van der Waals surface area contributed by atoms with Crippen molar-refractivity contribution in [2.24, 2.45) is 22.9 Å². The molecule has 3 atom stereocenters. The van der Waals surface area contributed by atoms with Crippen molar-refractivity contribution in [1.82, 2.24) is 5.01 Å². The third-order valence-electron chi connectivity index (χ3n) is 6.56. The summed E-state index contributed by atoms with van der Waals surface area (Å²) in [6.07, 6.45) is 4.57. The number of ether oxygens (including phenoxy) is 1. The number of hydrogen-bond acceptors (Lipinski definition) is 7. The highest BCUT2D eigenvalue weighted by Crippen LogP contribution is 2.40. The average molecular weight is 457 g/mol. The van der Waals surface area contributed by atoms with Gasteiger partial charge in [0, 0.05) is 23.1 Å². The van der Waals surface area contributed by atoms with E-state index < -0.39 is 0 Å². The lowest BCUT2D eigenvalue weighted by Gasteiger charge is -2.36. The highest BCUT2D eigenvalue weighted by Gasteiger charge is 2.42. The van der Waals surface area contributed by atoms with Crippen LogP contribution in [0.3, 0.4) is 0 Å². The lowest BCUT2D eigenvalue weighted by molar-refractivity contribution is -0.159. The SMILES string of the molecule is O=C(OCC(=O)N1N=C(c2cccs2)CC1c1cccs1)C1CC2CCCC(C1)C2=O. The highest BCUT2D eigenvalue weighted by molar-refractivity contribution is 7.12. The minimum atomic E-state index is -0.355. The Kier molecular flexibility index (Phi) is 5.75. The Labute approximate surface area is 188 Å². The quantitative estimate of drug-likeness (QED) is 0.624. The fourth-order valence-corrected chi connectivity index (χ4v) is 6.56. The maximum Gasteiger partial charge on any atom is 0.309 e. The second-order valence-corrected chi connectivity index (χ2v) is 10.4. The van der Waals surface area contributed by atoms with Gasteiger partial charge in [0.15, 0.2) is 6.61 Å². The number of esters is 1. The zero-order valence-electron chi connectivity index (χ0n) is 17.1. The molecular weight excluding hydrogens is 432 g/mol. The minimum absolute atomic E-state index is 0.0134. The number of carbonyl (C=O) groups is 3. The Balaban J connectivity index is 1.25. The van der Waals surface area contributed by atoms with Crippen LogP contribution in [0.2, 0.25) is 0 Å². The Bertz CT molecular complexity index is 983. The van der Waals surface area contributed by atoms with Crippen LogP contribution in [0.5, 0.6) is 0 Å². The predicted molar refractivity (Wildman–Crippen MR) is 119 cm³/mol. The molecule has 31 heavy (non-hydrogen) atoms. The largest absolute Gasteiger partial charge is 0.455 e. The Morgan fingerprint density at radius 1 is 1.10 bits per heavy atom. The van der Waals surface area contributed by atoms with E-state index in [1.54, 1.807) is 22.7 Å². The molecule has 2 aromatic heterocycles. The van der Waals surface area contributed by atoms with Crippen molar-refractivity contribution < 1.29 is 19.1 Å². The van der Waals surface area contributed by atoms with Gasteiger partial charge in [-0.3, -0.25) is 14.4 Å². The minimum Gasteiger partial charge on any atom is -0.455 e. The van der Waals surface area contributed by atoms with Crippen molar-refractivity contribution >= 4 is 46.0 Å². The molecule has 5 rings (SSSR count). The molecule has 0 spiro atoms. The summed E-state index contributed by atoms with van der Waals surface area (Å²) in [7, 11) is 0. The fourth-order valence-electron chi connectivity index (χ4n) is 5.02. The van der Waals surface area contributed by atoms with Crippen LogP contribution < -0.4 is 0 Å². The van der Waals surface area contributed by atoms with Gasteiger partial charge in [0.1, 0.15) is 5.78 Å². The summed E-state index contributed by atoms with van der Waals surface area (Å²) in [6, 6.07) is 7.78. The van der Waals surface area contributed by atoms with Crippen molar-refractivity contribution in [1.29, 1.82) is 0 Å². The van der Waals surface area contributed by atoms with Gasteiger partial charge in [0.05, 0.1) is 22.5 Å². The van der Waals surface area contributed by atoms with Gasteiger partial charge >= 0.3 is 5.97 Å². The van der Waals surface area contributed by atoms with Crippen molar-refractivity contribution in [3.05, 3.63) is 44.8 Å². The molecule has 2 fully saturated rings. The summed E-state index contributed by atoms with van der Waals surface area (Å²) in [4.78, 5) is 40.1. The number of amides is 1. The van der Waals surface area contributed by atoms with Crippen molar-refractivity contribution in [3.63, 3.8) is 0 Å². The summed E-state index contributed by atoms with van der Waals surface area (Å²) in [6.45, 7) is -0.318. The molecule has 1 aliphatic heterocycles. The summed E-state index contributed by atoms with van der Waals surface area (Å²) in [5, 5.41) is 10.1. The van der Waals surface area contributed by atoms with Gasteiger partial charge in [0.25, 0.3) is 5.91 Å². The van der Waals surface area contributed by atoms with Crippen LogP contribution in [0.15, 0.2) is 40.1 Å². The van der Waals surface area contributed by atoms with Gasteiger partial charge in [-0.2, -0.15) is 5.10 Å². The topological polar surface area (TPSA) is 76.0 Å². The van der Waals surface area contributed by atoms with Crippen LogP contribution in [-0.2, 0) is 19.1 Å². The predicted octanol–water partition coefficient (Wildman–Crippen LogP) is 4.43. The van der Waals surface area contributed by atoms with Crippen LogP contribution in [0.4, 0.5) is 0 Å². The first-order valence-electron chi connectivity index (χ1n) is 10.8. The van der Waals surface area contributed by atoms with Crippen LogP contribution >= 0.6 is 22.7 Å². The number of thiophene rings is 2. The van der Waals surface area contributed by atoms with Gasteiger partial charge in [-0.25, -0.2) is 5.01 Å². The number of hydrazone groups is 1. The molecule has 3 unspecified atom stereocenters. The monoisotopic (exact) mass is 456 g/mol. The number of nitrogens with zero attached hydrogens (tertiary/aromatic N) is 2. The van der Waals surface area contributed by atoms with Gasteiger partial charge in [-0.1, -0.05) is 18.6 Å². The second-order valence-electron chi connectivity index (χ2n) is 8.50. The fraction of sp³-hybridized carbons (Fsp3) is 0.478. The van der Waals surface area contributed by atoms with E-state index in [4.69, 9.17) is 4.74 Å². The second kappa shape index (κ2) is 8.67. The molecule has 0 saturated heterocycles. The third kappa shape index (κ3) is 4.11. The standard InChI is InChI=1S/C23H24N2O4S2/c26-21(13-29-23(28)16-10-14-4-1-5-15(11-16)22(14)27)25-18(20-7-3-9-31-20)12-17(24-25)19-6-2-8-30-19/h2-3,6-9,14-16,18H,1,4-5,10-13H2. The molecule has 3 aliphatic rings. The molecule has 0 aromatic carbocycles. The van der Waals surface area contributed by atoms with E-state index in [0.29, 0.717) is 25.0 Å². The Hall–Kier alpha value is -2.32.